The Kier molecular flexibility index (Phi) is 7.12. The number of nitrogens with one attached hydrogen (secondary N) is 1. The van der Waals surface area contributed by atoms with Gasteiger partial charge >= 0.3 is 0 Å². The zero-order valence-corrected chi connectivity index (χ0v) is 13.7. The summed E-state index contributed by atoms with van der Waals surface area (Å²) in [7, 11) is 1.72. The van der Waals surface area contributed by atoms with Crippen LogP contribution in [-0.2, 0) is 17.8 Å². The Morgan fingerprint density at radius 3 is 2.77 bits per heavy atom. The van der Waals surface area contributed by atoms with Gasteiger partial charge in [0.15, 0.2) is 0 Å². The lowest BCUT2D eigenvalue weighted by Gasteiger charge is -2.27. The molecular weight excluding hydrogens is 280 g/mol. The van der Waals surface area contributed by atoms with Crippen molar-refractivity contribution in [3.8, 4) is 5.75 Å². The van der Waals surface area contributed by atoms with Crippen LogP contribution in [0.15, 0.2) is 18.2 Å². The molecule has 124 valence electrons. The molecule has 22 heavy (non-hydrogen) atoms. The van der Waals surface area contributed by atoms with Crippen molar-refractivity contribution in [3.63, 3.8) is 0 Å². The molecule has 1 aliphatic rings. The summed E-state index contributed by atoms with van der Waals surface area (Å²) in [5, 5.41) is 12.6. The summed E-state index contributed by atoms with van der Waals surface area (Å²) in [5.74, 6) is 0.935. The molecule has 0 bridgehead atoms. The van der Waals surface area contributed by atoms with Crippen molar-refractivity contribution in [2.75, 3.05) is 40.0 Å². The molecule has 1 aromatic rings. The van der Waals surface area contributed by atoms with Crippen LogP contribution in [0.1, 0.15) is 24.5 Å². The van der Waals surface area contributed by atoms with Crippen LogP contribution < -0.4 is 10.1 Å². The van der Waals surface area contributed by atoms with Crippen LogP contribution in [0.3, 0.4) is 0 Å². The van der Waals surface area contributed by atoms with Gasteiger partial charge in [-0.25, -0.2) is 0 Å². The fourth-order valence-corrected chi connectivity index (χ4v) is 2.67. The lowest BCUT2D eigenvalue weighted by molar-refractivity contribution is 0.0339. The lowest BCUT2D eigenvalue weighted by Crippen LogP contribution is -2.35. The van der Waals surface area contributed by atoms with E-state index in [2.05, 4.69) is 29.3 Å². The maximum atomic E-state index is 9.26. The minimum atomic E-state index is 0.157. The Hall–Kier alpha value is -1.14. The molecular formula is C17H28N2O3. The second kappa shape index (κ2) is 9.10. The van der Waals surface area contributed by atoms with E-state index in [1.807, 2.05) is 6.07 Å². The summed E-state index contributed by atoms with van der Waals surface area (Å²) in [5.41, 5.74) is 2.43. The number of ether oxygens (including phenoxy) is 2. The molecule has 0 radical (unpaired) electrons. The van der Waals surface area contributed by atoms with Crippen molar-refractivity contribution >= 4 is 0 Å². The molecule has 1 heterocycles. The van der Waals surface area contributed by atoms with E-state index in [0.717, 1.165) is 51.6 Å². The van der Waals surface area contributed by atoms with Crippen LogP contribution in [0.25, 0.3) is 0 Å². The molecule has 0 aliphatic carbocycles. The first kappa shape index (κ1) is 17.2. The molecule has 5 nitrogen and oxygen atoms in total. The number of rotatable bonds is 8. The van der Waals surface area contributed by atoms with Crippen molar-refractivity contribution in [1.82, 2.24) is 10.2 Å². The third-order valence-corrected chi connectivity index (χ3v) is 4.15. The number of nitrogens with zero attached hydrogens (tertiary/aromatic N) is 1. The summed E-state index contributed by atoms with van der Waals surface area (Å²) in [6, 6.07) is 6.47. The maximum absolute atomic E-state index is 9.26. The predicted molar refractivity (Wildman–Crippen MR) is 87.1 cm³/mol. The second-order valence-electron chi connectivity index (χ2n) is 5.70. The fourth-order valence-electron chi connectivity index (χ4n) is 2.67. The van der Waals surface area contributed by atoms with Gasteiger partial charge in [-0.3, -0.25) is 4.90 Å². The third-order valence-electron chi connectivity index (χ3n) is 4.15. The number of benzene rings is 1. The summed E-state index contributed by atoms with van der Waals surface area (Å²) >= 11 is 0. The van der Waals surface area contributed by atoms with Crippen molar-refractivity contribution in [2.45, 2.75) is 32.5 Å². The number of methoxy groups -OCH3 is 1. The summed E-state index contributed by atoms with van der Waals surface area (Å²) < 4.78 is 10.9. The minimum absolute atomic E-state index is 0.157. The van der Waals surface area contributed by atoms with Gasteiger partial charge in [-0.1, -0.05) is 13.0 Å². The third kappa shape index (κ3) is 4.95. The number of hydrogen-bond acceptors (Lipinski definition) is 5. The van der Waals surface area contributed by atoms with Gasteiger partial charge in [0.1, 0.15) is 5.75 Å². The van der Waals surface area contributed by atoms with Gasteiger partial charge < -0.3 is 19.9 Å². The fraction of sp³-hybridized carbons (Fsp3) is 0.647. The maximum Gasteiger partial charge on any atom is 0.123 e. The molecule has 2 rings (SSSR count). The Morgan fingerprint density at radius 1 is 1.36 bits per heavy atom. The molecule has 1 fully saturated rings. The van der Waals surface area contributed by atoms with Crippen LogP contribution in [-0.4, -0.2) is 56.1 Å². The molecule has 2 N–H and O–H groups in total. The van der Waals surface area contributed by atoms with E-state index in [0.29, 0.717) is 0 Å². The van der Waals surface area contributed by atoms with E-state index in [9.17, 15) is 5.11 Å². The molecule has 1 saturated heterocycles. The molecule has 0 aromatic heterocycles. The molecule has 1 unspecified atom stereocenters. The van der Waals surface area contributed by atoms with Crippen LogP contribution in [0.5, 0.6) is 5.75 Å². The topological polar surface area (TPSA) is 54.0 Å². The first-order chi connectivity index (χ1) is 10.8. The normalized spacial score (nSPS) is 17.4. The molecule has 0 spiro atoms. The zero-order chi connectivity index (χ0) is 15.8. The van der Waals surface area contributed by atoms with E-state index in [1.54, 1.807) is 7.11 Å². The van der Waals surface area contributed by atoms with Gasteiger partial charge in [-0.15, -0.1) is 0 Å². The SMILES string of the molecule is CCC(CO)NCc1ccc(OC)c(CN2CCOCC2)c1. The first-order valence-corrected chi connectivity index (χ1v) is 8.07. The molecule has 0 saturated carbocycles. The van der Waals surface area contributed by atoms with Gasteiger partial charge in [0, 0.05) is 37.8 Å². The van der Waals surface area contributed by atoms with E-state index in [1.165, 1.54) is 11.1 Å². The number of morpholine rings is 1. The van der Waals surface area contributed by atoms with Crippen molar-refractivity contribution in [1.29, 1.82) is 0 Å². The van der Waals surface area contributed by atoms with Crippen LogP contribution in [0.2, 0.25) is 0 Å². The highest BCUT2D eigenvalue weighted by atomic mass is 16.5. The highest BCUT2D eigenvalue weighted by Crippen LogP contribution is 2.22. The minimum Gasteiger partial charge on any atom is -0.496 e. The summed E-state index contributed by atoms with van der Waals surface area (Å²) in [4.78, 5) is 2.39. The molecule has 1 atom stereocenters. The number of hydrogen-bond donors (Lipinski definition) is 2. The Labute approximate surface area is 133 Å². The quantitative estimate of drug-likeness (QED) is 0.760. The number of aliphatic hydroxyl groups is 1. The van der Waals surface area contributed by atoms with E-state index >= 15 is 0 Å². The van der Waals surface area contributed by atoms with Crippen molar-refractivity contribution < 1.29 is 14.6 Å². The van der Waals surface area contributed by atoms with Crippen LogP contribution >= 0.6 is 0 Å². The average molecular weight is 308 g/mol. The van der Waals surface area contributed by atoms with E-state index in [4.69, 9.17) is 9.47 Å². The highest BCUT2D eigenvalue weighted by Gasteiger charge is 2.14. The lowest BCUT2D eigenvalue weighted by atomic mass is 10.1. The largest absolute Gasteiger partial charge is 0.496 e. The second-order valence-corrected chi connectivity index (χ2v) is 5.70. The van der Waals surface area contributed by atoms with Crippen LogP contribution in [0.4, 0.5) is 0 Å². The van der Waals surface area contributed by atoms with Gasteiger partial charge in [-0.05, 0) is 24.1 Å². The van der Waals surface area contributed by atoms with E-state index < -0.39 is 0 Å². The highest BCUT2D eigenvalue weighted by molar-refractivity contribution is 5.37. The zero-order valence-electron chi connectivity index (χ0n) is 13.7. The Bertz CT molecular complexity index is 444. The van der Waals surface area contributed by atoms with Crippen molar-refractivity contribution in [2.24, 2.45) is 0 Å². The average Bonchev–Trinajstić information content (AvgIpc) is 2.57. The standard InChI is InChI=1S/C17H28N2O3/c1-3-16(13-20)18-11-14-4-5-17(21-2)15(10-14)12-19-6-8-22-9-7-19/h4-5,10,16,18,20H,3,6-9,11-13H2,1-2H3. The number of aliphatic hydroxyl groups excluding tert-OH is 1. The smallest absolute Gasteiger partial charge is 0.123 e. The van der Waals surface area contributed by atoms with Gasteiger partial charge in [0.2, 0.25) is 0 Å². The predicted octanol–water partition coefficient (Wildman–Crippen LogP) is 1.39. The van der Waals surface area contributed by atoms with Crippen molar-refractivity contribution in [3.05, 3.63) is 29.3 Å². The van der Waals surface area contributed by atoms with Gasteiger partial charge in [0.25, 0.3) is 0 Å². The molecule has 1 aromatic carbocycles. The van der Waals surface area contributed by atoms with Gasteiger partial charge in [0.05, 0.1) is 26.9 Å². The van der Waals surface area contributed by atoms with Gasteiger partial charge in [-0.2, -0.15) is 0 Å². The monoisotopic (exact) mass is 308 g/mol. The molecule has 0 amide bonds. The Balaban J connectivity index is 2.01. The van der Waals surface area contributed by atoms with E-state index in [-0.39, 0.29) is 12.6 Å². The summed E-state index contributed by atoms with van der Waals surface area (Å²) in [6.07, 6.45) is 0.924. The summed E-state index contributed by atoms with van der Waals surface area (Å²) in [6.45, 7) is 7.44. The molecule has 5 heteroatoms. The first-order valence-electron chi connectivity index (χ1n) is 8.07. The Morgan fingerprint density at radius 2 is 2.14 bits per heavy atom. The molecule has 1 aliphatic heterocycles. The van der Waals surface area contributed by atoms with Crippen LogP contribution in [0, 0.1) is 0 Å².